The van der Waals surface area contributed by atoms with E-state index < -0.39 is 10.0 Å². The number of hydrogen-bond acceptors (Lipinski definition) is 3. The summed E-state index contributed by atoms with van der Waals surface area (Å²) in [6, 6.07) is 9.99. The zero-order chi connectivity index (χ0) is 16.3. The maximum Gasteiger partial charge on any atom is 0.236 e. The van der Waals surface area contributed by atoms with Gasteiger partial charge in [0.05, 0.1) is 0 Å². The maximum absolute atomic E-state index is 12.5. The number of piperidine rings is 1. The Labute approximate surface area is 142 Å². The second kappa shape index (κ2) is 6.99. The number of sulfonamides is 1. The van der Waals surface area contributed by atoms with Crippen LogP contribution in [0.4, 0.5) is 0 Å². The van der Waals surface area contributed by atoms with E-state index in [0.717, 1.165) is 18.4 Å². The van der Waals surface area contributed by atoms with Gasteiger partial charge in [0.2, 0.25) is 10.0 Å². The van der Waals surface area contributed by atoms with Gasteiger partial charge in [-0.05, 0) is 59.7 Å². The first-order valence-electron chi connectivity index (χ1n) is 7.81. The summed E-state index contributed by atoms with van der Waals surface area (Å²) in [5, 5.41) is 5.59. The molecule has 1 aliphatic heterocycles. The second-order valence-electron chi connectivity index (χ2n) is 5.99. The Morgan fingerprint density at radius 3 is 2.43 bits per heavy atom. The average Bonchev–Trinajstić information content (AvgIpc) is 3.09. The molecular formula is C18H21NO2S2. The van der Waals surface area contributed by atoms with Gasteiger partial charge in [0.25, 0.3) is 0 Å². The molecule has 122 valence electrons. The molecule has 5 heteroatoms. The summed E-state index contributed by atoms with van der Waals surface area (Å²) >= 11 is 1.70. The standard InChI is InChI=1S/C18H21NO2S2/c1-15-2-4-16(5-3-15)9-13-23(20,21)19-10-6-17(7-11-19)18-8-12-22-14-18/h2-5,8-9,12-14,17H,6-7,10-11H2,1H3. The van der Waals surface area contributed by atoms with Crippen LogP contribution in [0.15, 0.2) is 46.5 Å². The van der Waals surface area contributed by atoms with Gasteiger partial charge in [0, 0.05) is 18.5 Å². The average molecular weight is 348 g/mol. The van der Waals surface area contributed by atoms with Crippen LogP contribution in [0.5, 0.6) is 0 Å². The molecule has 1 aromatic carbocycles. The highest BCUT2D eigenvalue weighted by atomic mass is 32.2. The van der Waals surface area contributed by atoms with E-state index in [1.54, 1.807) is 21.7 Å². The highest BCUT2D eigenvalue weighted by Gasteiger charge is 2.27. The van der Waals surface area contributed by atoms with Crippen molar-refractivity contribution in [3.8, 4) is 0 Å². The van der Waals surface area contributed by atoms with Crippen molar-refractivity contribution in [3.63, 3.8) is 0 Å². The van der Waals surface area contributed by atoms with Gasteiger partial charge in [0.1, 0.15) is 0 Å². The van der Waals surface area contributed by atoms with Crippen LogP contribution in [-0.4, -0.2) is 25.8 Å². The molecule has 2 heterocycles. The van der Waals surface area contributed by atoms with E-state index in [9.17, 15) is 8.42 Å². The van der Waals surface area contributed by atoms with Crippen LogP contribution in [-0.2, 0) is 10.0 Å². The van der Waals surface area contributed by atoms with Crippen LogP contribution in [0, 0.1) is 6.92 Å². The van der Waals surface area contributed by atoms with E-state index in [0.29, 0.717) is 19.0 Å². The van der Waals surface area contributed by atoms with Crippen molar-refractivity contribution in [2.24, 2.45) is 0 Å². The molecule has 1 aromatic heterocycles. The quantitative estimate of drug-likeness (QED) is 0.830. The van der Waals surface area contributed by atoms with Crippen LogP contribution < -0.4 is 0 Å². The summed E-state index contributed by atoms with van der Waals surface area (Å²) in [4.78, 5) is 0. The van der Waals surface area contributed by atoms with E-state index in [1.807, 2.05) is 31.2 Å². The van der Waals surface area contributed by atoms with Gasteiger partial charge in [-0.2, -0.15) is 15.6 Å². The molecule has 2 aromatic rings. The largest absolute Gasteiger partial charge is 0.236 e. The third kappa shape index (κ3) is 4.10. The highest BCUT2D eigenvalue weighted by Crippen LogP contribution is 2.30. The molecule has 3 nitrogen and oxygen atoms in total. The monoisotopic (exact) mass is 347 g/mol. The summed E-state index contributed by atoms with van der Waals surface area (Å²) in [6.45, 7) is 3.21. The van der Waals surface area contributed by atoms with Crippen LogP contribution in [0.25, 0.3) is 6.08 Å². The zero-order valence-electron chi connectivity index (χ0n) is 13.2. The SMILES string of the molecule is Cc1ccc(C=CS(=O)(=O)N2CCC(c3ccsc3)CC2)cc1. The Morgan fingerprint density at radius 1 is 1.13 bits per heavy atom. The molecule has 0 unspecified atom stereocenters. The number of thiophene rings is 1. The molecule has 23 heavy (non-hydrogen) atoms. The first kappa shape index (κ1) is 16.4. The van der Waals surface area contributed by atoms with Gasteiger partial charge in [-0.25, -0.2) is 8.42 Å². The number of hydrogen-bond donors (Lipinski definition) is 0. The summed E-state index contributed by atoms with van der Waals surface area (Å²) in [6.07, 6.45) is 3.47. The van der Waals surface area contributed by atoms with Crippen molar-refractivity contribution in [1.82, 2.24) is 4.31 Å². The third-order valence-electron chi connectivity index (χ3n) is 4.34. The van der Waals surface area contributed by atoms with Gasteiger partial charge in [-0.1, -0.05) is 29.8 Å². The second-order valence-corrected chi connectivity index (χ2v) is 8.59. The fourth-order valence-corrected chi connectivity index (χ4v) is 4.84. The molecule has 3 rings (SSSR count). The molecule has 0 amide bonds. The minimum Gasteiger partial charge on any atom is -0.208 e. The Bertz CT molecular complexity index is 754. The van der Waals surface area contributed by atoms with Crippen LogP contribution in [0.1, 0.15) is 35.4 Å². The van der Waals surface area contributed by atoms with Crippen molar-refractivity contribution >= 4 is 27.4 Å². The van der Waals surface area contributed by atoms with Crippen molar-refractivity contribution in [2.75, 3.05) is 13.1 Å². The maximum atomic E-state index is 12.5. The molecule has 0 bridgehead atoms. The molecule has 0 aliphatic carbocycles. The van der Waals surface area contributed by atoms with Crippen molar-refractivity contribution < 1.29 is 8.42 Å². The molecule has 0 atom stereocenters. The van der Waals surface area contributed by atoms with Gasteiger partial charge in [0.15, 0.2) is 0 Å². The smallest absolute Gasteiger partial charge is 0.208 e. The fourth-order valence-electron chi connectivity index (χ4n) is 2.88. The predicted octanol–water partition coefficient (Wildman–Crippen LogP) is 4.24. The lowest BCUT2D eigenvalue weighted by molar-refractivity contribution is 0.323. The van der Waals surface area contributed by atoms with E-state index in [4.69, 9.17) is 0 Å². The van der Waals surface area contributed by atoms with Gasteiger partial charge < -0.3 is 0 Å². The van der Waals surface area contributed by atoms with E-state index in [-0.39, 0.29) is 0 Å². The number of benzene rings is 1. The van der Waals surface area contributed by atoms with Crippen molar-refractivity contribution in [3.05, 3.63) is 63.2 Å². The summed E-state index contributed by atoms with van der Waals surface area (Å²) in [7, 11) is -3.33. The van der Waals surface area contributed by atoms with Crippen LogP contribution in [0.2, 0.25) is 0 Å². The molecule has 0 N–H and O–H groups in total. The Balaban J connectivity index is 1.63. The number of aryl methyl sites for hydroxylation is 1. The van der Waals surface area contributed by atoms with Crippen LogP contribution in [0.3, 0.4) is 0 Å². The van der Waals surface area contributed by atoms with E-state index in [2.05, 4.69) is 16.8 Å². The lowest BCUT2D eigenvalue weighted by atomic mass is 9.92. The fraction of sp³-hybridized carbons (Fsp3) is 0.333. The molecule has 0 radical (unpaired) electrons. The number of nitrogens with zero attached hydrogens (tertiary/aromatic N) is 1. The number of rotatable bonds is 4. The Hall–Kier alpha value is -1.43. The molecule has 0 saturated carbocycles. The molecule has 1 aliphatic rings. The van der Waals surface area contributed by atoms with Gasteiger partial charge in [-0.15, -0.1) is 0 Å². The highest BCUT2D eigenvalue weighted by molar-refractivity contribution is 7.92. The third-order valence-corrected chi connectivity index (χ3v) is 6.60. The summed E-state index contributed by atoms with van der Waals surface area (Å²) in [5.41, 5.74) is 3.43. The van der Waals surface area contributed by atoms with E-state index in [1.165, 1.54) is 16.5 Å². The minimum absolute atomic E-state index is 0.494. The predicted molar refractivity (Wildman–Crippen MR) is 97.0 cm³/mol. The van der Waals surface area contributed by atoms with Crippen LogP contribution >= 0.6 is 11.3 Å². The Morgan fingerprint density at radius 2 is 1.83 bits per heavy atom. The topological polar surface area (TPSA) is 37.4 Å². The van der Waals surface area contributed by atoms with E-state index >= 15 is 0 Å². The minimum atomic E-state index is -3.33. The first-order valence-corrected chi connectivity index (χ1v) is 10.3. The normalized spacial score (nSPS) is 17.8. The first-order chi connectivity index (χ1) is 11.0. The van der Waals surface area contributed by atoms with Crippen molar-refractivity contribution in [1.29, 1.82) is 0 Å². The molecular weight excluding hydrogens is 326 g/mol. The molecule has 0 spiro atoms. The summed E-state index contributed by atoms with van der Waals surface area (Å²) < 4.78 is 26.5. The zero-order valence-corrected chi connectivity index (χ0v) is 14.8. The molecule has 1 saturated heterocycles. The summed E-state index contributed by atoms with van der Waals surface area (Å²) in [5.74, 6) is 0.494. The lowest BCUT2D eigenvalue weighted by Gasteiger charge is -2.30. The van der Waals surface area contributed by atoms with Gasteiger partial charge in [-0.3, -0.25) is 0 Å². The molecule has 1 fully saturated rings. The Kier molecular flexibility index (Phi) is 4.99. The van der Waals surface area contributed by atoms with Gasteiger partial charge >= 0.3 is 0 Å². The lowest BCUT2D eigenvalue weighted by Crippen LogP contribution is -2.36. The van der Waals surface area contributed by atoms with Crippen molar-refractivity contribution in [2.45, 2.75) is 25.7 Å².